The number of aromatic nitrogens is 1. The van der Waals surface area contributed by atoms with Crippen molar-refractivity contribution in [2.75, 3.05) is 13.1 Å². The van der Waals surface area contributed by atoms with E-state index in [0.29, 0.717) is 13.1 Å². The molecule has 0 atom stereocenters. The van der Waals surface area contributed by atoms with Crippen molar-refractivity contribution in [2.24, 2.45) is 0 Å². The van der Waals surface area contributed by atoms with Crippen molar-refractivity contribution in [3.05, 3.63) is 33.2 Å². The van der Waals surface area contributed by atoms with Gasteiger partial charge in [-0.1, -0.05) is 0 Å². The van der Waals surface area contributed by atoms with Crippen LogP contribution in [0.3, 0.4) is 0 Å². The highest BCUT2D eigenvalue weighted by Crippen LogP contribution is 2.29. The number of hydrogen-bond acceptors (Lipinski definition) is 2. The van der Waals surface area contributed by atoms with Gasteiger partial charge in [0.1, 0.15) is 11.3 Å². The number of aryl methyl sites for hydroxylation is 1. The Labute approximate surface area is 107 Å². The molecule has 0 aliphatic carbocycles. The van der Waals surface area contributed by atoms with Crippen molar-refractivity contribution in [3.63, 3.8) is 0 Å². The molecule has 2 heterocycles. The molecule has 1 aliphatic heterocycles. The van der Waals surface area contributed by atoms with Crippen LogP contribution in [-0.2, 0) is 6.18 Å². The molecule has 0 radical (unpaired) electrons. The van der Waals surface area contributed by atoms with Gasteiger partial charge < -0.3 is 9.88 Å². The first-order valence-corrected chi connectivity index (χ1v) is 5.91. The van der Waals surface area contributed by atoms with E-state index in [-0.39, 0.29) is 11.1 Å². The zero-order chi connectivity index (χ0) is 14.2. The lowest BCUT2D eigenvalue weighted by Crippen LogP contribution is -2.33. The molecule has 1 aromatic heterocycles. The van der Waals surface area contributed by atoms with Gasteiger partial charge in [-0.15, -0.1) is 0 Å². The van der Waals surface area contributed by atoms with Crippen molar-refractivity contribution in [2.45, 2.75) is 25.9 Å². The molecule has 0 saturated carbocycles. The van der Waals surface area contributed by atoms with E-state index in [2.05, 4.69) is 0 Å². The summed E-state index contributed by atoms with van der Waals surface area (Å²) >= 11 is 0. The van der Waals surface area contributed by atoms with Gasteiger partial charge in [-0.25, -0.2) is 0 Å². The van der Waals surface area contributed by atoms with Gasteiger partial charge in [0.05, 0.1) is 0 Å². The number of amides is 1. The third kappa shape index (κ3) is 2.64. The van der Waals surface area contributed by atoms with Crippen LogP contribution in [0.1, 0.15) is 34.5 Å². The molecule has 0 bridgehead atoms. The van der Waals surface area contributed by atoms with Crippen molar-refractivity contribution in [3.8, 4) is 0 Å². The summed E-state index contributed by atoms with van der Waals surface area (Å²) in [4.78, 5) is 26.9. The van der Waals surface area contributed by atoms with Crippen molar-refractivity contribution in [1.29, 1.82) is 0 Å². The number of rotatable bonds is 1. The molecule has 0 spiro atoms. The second-order valence-electron chi connectivity index (χ2n) is 4.57. The summed E-state index contributed by atoms with van der Waals surface area (Å²) in [5.41, 5.74) is -2.48. The number of aromatic amines is 1. The van der Waals surface area contributed by atoms with E-state index in [9.17, 15) is 22.8 Å². The predicted molar refractivity (Wildman–Crippen MR) is 61.9 cm³/mol. The lowest BCUT2D eigenvalue weighted by Gasteiger charge is -2.16. The molecule has 19 heavy (non-hydrogen) atoms. The Bertz CT molecular complexity index is 557. The molecule has 1 saturated heterocycles. The van der Waals surface area contributed by atoms with Crippen LogP contribution in [0, 0.1) is 6.92 Å². The molecule has 2 rings (SSSR count). The standard InChI is InChI=1S/C12H13F3N2O2/c1-7-6-8(11(19)17-4-2-3-5-17)10(18)16-9(7)12(13,14)15/h6H,2-5H2,1H3,(H,16,18). The minimum Gasteiger partial charge on any atom is -0.338 e. The smallest absolute Gasteiger partial charge is 0.338 e. The van der Waals surface area contributed by atoms with Gasteiger partial charge >= 0.3 is 6.18 Å². The average Bonchev–Trinajstić information content (AvgIpc) is 2.83. The quantitative estimate of drug-likeness (QED) is 0.850. The number of nitrogens with one attached hydrogen (secondary N) is 1. The van der Waals surface area contributed by atoms with Crippen LogP contribution in [0.2, 0.25) is 0 Å². The van der Waals surface area contributed by atoms with Crippen LogP contribution < -0.4 is 5.56 Å². The second kappa shape index (κ2) is 4.71. The number of halogens is 3. The zero-order valence-corrected chi connectivity index (χ0v) is 10.3. The zero-order valence-electron chi connectivity index (χ0n) is 10.3. The number of alkyl halides is 3. The number of hydrogen-bond donors (Lipinski definition) is 1. The SMILES string of the molecule is Cc1cc(C(=O)N2CCCC2)c(=O)[nH]c1C(F)(F)F. The van der Waals surface area contributed by atoms with Gasteiger partial charge in [0.2, 0.25) is 0 Å². The Morgan fingerprint density at radius 1 is 1.32 bits per heavy atom. The summed E-state index contributed by atoms with van der Waals surface area (Å²) in [6.07, 6.45) is -2.93. The topological polar surface area (TPSA) is 53.2 Å². The molecule has 104 valence electrons. The summed E-state index contributed by atoms with van der Waals surface area (Å²) < 4.78 is 37.8. The fraction of sp³-hybridized carbons (Fsp3) is 0.500. The van der Waals surface area contributed by atoms with Gasteiger partial charge in [0.25, 0.3) is 11.5 Å². The van der Waals surface area contributed by atoms with Gasteiger partial charge in [-0.05, 0) is 31.4 Å². The Kier molecular flexibility index (Phi) is 3.38. The van der Waals surface area contributed by atoms with E-state index in [0.717, 1.165) is 18.9 Å². The first kappa shape index (κ1) is 13.6. The molecule has 1 aliphatic rings. The first-order chi connectivity index (χ1) is 8.80. The van der Waals surface area contributed by atoms with Crippen LogP contribution >= 0.6 is 0 Å². The van der Waals surface area contributed by atoms with Crippen molar-refractivity contribution in [1.82, 2.24) is 9.88 Å². The predicted octanol–water partition coefficient (Wildman–Crippen LogP) is 1.94. The third-order valence-corrected chi connectivity index (χ3v) is 3.15. The number of likely N-dealkylation sites (tertiary alicyclic amines) is 1. The maximum atomic E-state index is 12.6. The molecule has 1 amide bonds. The second-order valence-corrected chi connectivity index (χ2v) is 4.57. The summed E-state index contributed by atoms with van der Waals surface area (Å²) in [5, 5.41) is 0. The fourth-order valence-corrected chi connectivity index (χ4v) is 2.18. The normalized spacial score (nSPS) is 15.9. The molecule has 4 nitrogen and oxygen atoms in total. The Morgan fingerprint density at radius 2 is 1.89 bits per heavy atom. The lowest BCUT2D eigenvalue weighted by atomic mass is 10.1. The molecule has 7 heteroatoms. The molecule has 1 aromatic rings. The summed E-state index contributed by atoms with van der Waals surface area (Å²) in [6.45, 7) is 2.30. The van der Waals surface area contributed by atoms with Gasteiger partial charge in [-0.2, -0.15) is 13.2 Å². The Morgan fingerprint density at radius 3 is 2.42 bits per heavy atom. The highest BCUT2D eigenvalue weighted by Gasteiger charge is 2.35. The van der Waals surface area contributed by atoms with E-state index < -0.39 is 23.3 Å². The first-order valence-electron chi connectivity index (χ1n) is 5.91. The van der Waals surface area contributed by atoms with Crippen LogP contribution in [0.15, 0.2) is 10.9 Å². The number of carbonyl (C=O) groups excluding carboxylic acids is 1. The minimum atomic E-state index is -4.63. The van der Waals surface area contributed by atoms with E-state index in [1.165, 1.54) is 11.8 Å². The minimum absolute atomic E-state index is 0.158. The molecule has 0 unspecified atom stereocenters. The summed E-state index contributed by atoms with van der Waals surface area (Å²) in [5.74, 6) is -0.504. The van der Waals surface area contributed by atoms with Gasteiger partial charge in [0, 0.05) is 13.1 Å². The van der Waals surface area contributed by atoms with Crippen molar-refractivity contribution < 1.29 is 18.0 Å². The number of pyridine rings is 1. The lowest BCUT2D eigenvalue weighted by molar-refractivity contribution is -0.141. The van der Waals surface area contributed by atoms with Crippen molar-refractivity contribution >= 4 is 5.91 Å². The van der Waals surface area contributed by atoms with Crippen LogP contribution in [0.25, 0.3) is 0 Å². The molecule has 0 aromatic carbocycles. The van der Waals surface area contributed by atoms with E-state index >= 15 is 0 Å². The maximum absolute atomic E-state index is 12.6. The highest BCUT2D eigenvalue weighted by molar-refractivity contribution is 5.94. The monoisotopic (exact) mass is 274 g/mol. The largest absolute Gasteiger partial charge is 0.431 e. The summed E-state index contributed by atoms with van der Waals surface area (Å²) in [7, 11) is 0. The molecule has 1 N–H and O–H groups in total. The van der Waals surface area contributed by atoms with Gasteiger partial charge in [0.15, 0.2) is 0 Å². The van der Waals surface area contributed by atoms with Gasteiger partial charge in [-0.3, -0.25) is 9.59 Å². The van der Waals surface area contributed by atoms with E-state index in [1.807, 2.05) is 0 Å². The maximum Gasteiger partial charge on any atom is 0.431 e. The molecule has 1 fully saturated rings. The number of carbonyl (C=O) groups is 1. The van der Waals surface area contributed by atoms with Crippen LogP contribution in [0.4, 0.5) is 13.2 Å². The Hall–Kier alpha value is -1.79. The van der Waals surface area contributed by atoms with Crippen LogP contribution in [-0.4, -0.2) is 28.9 Å². The number of nitrogens with zero attached hydrogens (tertiary/aromatic N) is 1. The third-order valence-electron chi connectivity index (χ3n) is 3.15. The Balaban J connectivity index is 2.41. The average molecular weight is 274 g/mol. The fourth-order valence-electron chi connectivity index (χ4n) is 2.18. The number of H-pyrrole nitrogens is 1. The van der Waals surface area contributed by atoms with Crippen LogP contribution in [0.5, 0.6) is 0 Å². The summed E-state index contributed by atoms with van der Waals surface area (Å²) in [6, 6.07) is 1.02. The molecular weight excluding hydrogens is 261 g/mol. The molecular formula is C12H13F3N2O2. The van der Waals surface area contributed by atoms with E-state index in [4.69, 9.17) is 0 Å². The van der Waals surface area contributed by atoms with E-state index in [1.54, 1.807) is 4.98 Å². The highest BCUT2D eigenvalue weighted by atomic mass is 19.4.